The average molecular weight is 486 g/mol. The van der Waals surface area contributed by atoms with Gasteiger partial charge in [0.15, 0.2) is 0 Å². The quantitative estimate of drug-likeness (QED) is 0.336. The summed E-state index contributed by atoms with van der Waals surface area (Å²) >= 11 is 0. The van der Waals surface area contributed by atoms with Gasteiger partial charge in [-0.3, -0.25) is 14.2 Å². The molecule has 1 amide bonds. The molecule has 0 aliphatic carbocycles. The molecule has 1 aromatic heterocycles. The van der Waals surface area contributed by atoms with Crippen molar-refractivity contribution in [3.8, 4) is 17.2 Å². The zero-order chi connectivity index (χ0) is 25.7. The van der Waals surface area contributed by atoms with Crippen LogP contribution in [0.2, 0.25) is 0 Å². The average Bonchev–Trinajstić information content (AvgIpc) is 2.90. The fourth-order valence-corrected chi connectivity index (χ4v) is 4.33. The van der Waals surface area contributed by atoms with E-state index in [9.17, 15) is 9.59 Å². The van der Waals surface area contributed by atoms with Crippen molar-refractivity contribution >= 4 is 16.8 Å². The number of carbonyl (C=O) groups is 1. The lowest BCUT2D eigenvalue weighted by molar-refractivity contribution is -0.131. The third-order valence-corrected chi connectivity index (χ3v) is 6.27. The Labute approximate surface area is 210 Å². The summed E-state index contributed by atoms with van der Waals surface area (Å²) in [4.78, 5) is 33.6. The molecule has 1 heterocycles. The Kier molecular flexibility index (Phi) is 7.68. The fraction of sp³-hybridized carbons (Fsp3) is 0.276. The predicted octanol–water partition coefficient (Wildman–Crippen LogP) is 4.95. The van der Waals surface area contributed by atoms with Gasteiger partial charge in [-0.2, -0.15) is 0 Å². The lowest BCUT2D eigenvalue weighted by Gasteiger charge is -2.29. The fourth-order valence-electron chi connectivity index (χ4n) is 4.33. The Hall–Kier alpha value is -4.13. The van der Waals surface area contributed by atoms with E-state index in [1.54, 1.807) is 29.7 Å². The van der Waals surface area contributed by atoms with Crippen LogP contribution in [0.15, 0.2) is 77.6 Å². The van der Waals surface area contributed by atoms with Gasteiger partial charge in [0.2, 0.25) is 5.91 Å². The van der Waals surface area contributed by atoms with Gasteiger partial charge < -0.3 is 14.4 Å². The largest absolute Gasteiger partial charge is 0.497 e. The van der Waals surface area contributed by atoms with E-state index < -0.39 is 6.04 Å². The summed E-state index contributed by atoms with van der Waals surface area (Å²) in [6.45, 7) is 4.47. The smallest absolute Gasteiger partial charge is 0.266 e. The maximum atomic E-state index is 13.7. The Balaban J connectivity index is 1.76. The third-order valence-electron chi connectivity index (χ3n) is 6.27. The van der Waals surface area contributed by atoms with E-state index in [4.69, 9.17) is 14.5 Å². The minimum atomic E-state index is -0.403. The number of amides is 1. The Morgan fingerprint density at radius 2 is 1.64 bits per heavy atom. The molecule has 0 radical (unpaired) electrons. The highest BCUT2D eigenvalue weighted by atomic mass is 16.5. The van der Waals surface area contributed by atoms with Gasteiger partial charge in [0.25, 0.3) is 5.56 Å². The molecule has 36 heavy (non-hydrogen) atoms. The van der Waals surface area contributed by atoms with E-state index in [1.807, 2.05) is 80.6 Å². The summed E-state index contributed by atoms with van der Waals surface area (Å²) in [6.07, 6.45) is 0.824. The lowest BCUT2D eigenvalue weighted by Crippen LogP contribution is -2.36. The molecule has 4 aromatic rings. The van der Waals surface area contributed by atoms with Gasteiger partial charge in [-0.05, 0) is 67.4 Å². The molecule has 7 nitrogen and oxygen atoms in total. The van der Waals surface area contributed by atoms with Crippen LogP contribution in [0.4, 0.5) is 0 Å². The van der Waals surface area contributed by atoms with Crippen molar-refractivity contribution in [2.24, 2.45) is 0 Å². The molecule has 0 saturated heterocycles. The van der Waals surface area contributed by atoms with Crippen LogP contribution in [-0.4, -0.2) is 41.1 Å². The Bertz CT molecular complexity index is 1400. The summed E-state index contributed by atoms with van der Waals surface area (Å²) in [6, 6.07) is 21.7. The molecule has 1 atom stereocenters. The second-order valence-corrected chi connectivity index (χ2v) is 8.51. The van der Waals surface area contributed by atoms with E-state index in [1.165, 1.54) is 0 Å². The van der Waals surface area contributed by atoms with Gasteiger partial charge in [-0.15, -0.1) is 0 Å². The number of nitrogens with zero attached hydrogens (tertiary/aromatic N) is 3. The van der Waals surface area contributed by atoms with Crippen molar-refractivity contribution in [2.45, 2.75) is 32.7 Å². The maximum Gasteiger partial charge on any atom is 0.266 e. The number of fused-ring (bicyclic) bond motifs is 1. The minimum absolute atomic E-state index is 0.0623. The first-order valence-electron chi connectivity index (χ1n) is 12.1. The number of likely N-dealkylation sites (N-methyl/N-ethyl adjacent to an activating group) is 1. The summed E-state index contributed by atoms with van der Waals surface area (Å²) in [7, 11) is 3.38. The van der Waals surface area contributed by atoms with Crippen molar-refractivity contribution in [3.05, 3.63) is 94.5 Å². The van der Waals surface area contributed by atoms with E-state index in [-0.39, 0.29) is 17.9 Å². The summed E-state index contributed by atoms with van der Waals surface area (Å²) in [5.74, 6) is 1.93. The van der Waals surface area contributed by atoms with Gasteiger partial charge in [0.1, 0.15) is 17.3 Å². The number of ether oxygens (including phenoxy) is 2. The number of carbonyl (C=O) groups excluding carboxylic acids is 1. The molecule has 1 unspecified atom stereocenters. The molecule has 186 valence electrons. The van der Waals surface area contributed by atoms with Crippen molar-refractivity contribution in [2.75, 3.05) is 20.8 Å². The summed E-state index contributed by atoms with van der Waals surface area (Å²) < 4.78 is 12.4. The highest BCUT2D eigenvalue weighted by Crippen LogP contribution is 2.26. The Morgan fingerprint density at radius 1 is 0.972 bits per heavy atom. The number of rotatable bonds is 9. The van der Waals surface area contributed by atoms with E-state index in [0.29, 0.717) is 35.4 Å². The first-order valence-corrected chi connectivity index (χ1v) is 12.1. The zero-order valence-electron chi connectivity index (χ0n) is 21.1. The first-order chi connectivity index (χ1) is 17.5. The van der Waals surface area contributed by atoms with Crippen molar-refractivity contribution in [3.63, 3.8) is 0 Å². The Morgan fingerprint density at radius 3 is 2.28 bits per heavy atom. The van der Waals surface area contributed by atoms with E-state index in [0.717, 1.165) is 17.1 Å². The van der Waals surface area contributed by atoms with Crippen LogP contribution in [0.25, 0.3) is 16.6 Å². The molecule has 0 spiro atoms. The van der Waals surface area contributed by atoms with Gasteiger partial charge in [-0.25, -0.2) is 4.98 Å². The molecule has 0 saturated carbocycles. The molecule has 7 heteroatoms. The molecule has 0 aliphatic heterocycles. The second-order valence-electron chi connectivity index (χ2n) is 8.51. The molecule has 4 rings (SSSR count). The van der Waals surface area contributed by atoms with E-state index >= 15 is 0 Å². The number of benzene rings is 3. The van der Waals surface area contributed by atoms with Crippen LogP contribution < -0.4 is 15.0 Å². The van der Waals surface area contributed by atoms with Crippen molar-refractivity contribution < 1.29 is 14.3 Å². The van der Waals surface area contributed by atoms with Gasteiger partial charge in [0, 0.05) is 7.05 Å². The van der Waals surface area contributed by atoms with Crippen LogP contribution in [0.3, 0.4) is 0 Å². The first kappa shape index (κ1) is 25.0. The number of hydrogen-bond acceptors (Lipinski definition) is 5. The van der Waals surface area contributed by atoms with Gasteiger partial charge in [0.05, 0.1) is 42.8 Å². The molecule has 0 bridgehead atoms. The molecular formula is C29H31N3O4. The topological polar surface area (TPSA) is 73.7 Å². The molecule has 0 aliphatic rings. The SMILES string of the molecule is CCOc1ccc(-n2c(C(CC)N(C)C(=O)Cc3ccc(OC)cc3)nc3ccccc3c2=O)cc1. The molecule has 0 fully saturated rings. The van der Waals surface area contributed by atoms with Crippen molar-refractivity contribution in [1.82, 2.24) is 14.5 Å². The van der Waals surface area contributed by atoms with Crippen LogP contribution in [0.1, 0.15) is 37.7 Å². The van der Waals surface area contributed by atoms with Crippen LogP contribution in [0.5, 0.6) is 11.5 Å². The second kappa shape index (κ2) is 11.1. The number of para-hydroxylation sites is 1. The highest BCUT2D eigenvalue weighted by Gasteiger charge is 2.26. The van der Waals surface area contributed by atoms with Crippen LogP contribution in [-0.2, 0) is 11.2 Å². The maximum absolute atomic E-state index is 13.7. The monoisotopic (exact) mass is 485 g/mol. The minimum Gasteiger partial charge on any atom is -0.497 e. The number of methoxy groups -OCH3 is 1. The molecule has 3 aromatic carbocycles. The van der Waals surface area contributed by atoms with Gasteiger partial charge in [-0.1, -0.05) is 31.2 Å². The summed E-state index contributed by atoms with van der Waals surface area (Å²) in [5, 5.41) is 0.525. The lowest BCUT2D eigenvalue weighted by atomic mass is 10.1. The normalized spacial score (nSPS) is 11.8. The van der Waals surface area contributed by atoms with Crippen molar-refractivity contribution in [1.29, 1.82) is 0 Å². The third kappa shape index (κ3) is 5.10. The molecule has 0 N–H and O–H groups in total. The molecular weight excluding hydrogens is 454 g/mol. The van der Waals surface area contributed by atoms with Gasteiger partial charge >= 0.3 is 0 Å². The highest BCUT2D eigenvalue weighted by molar-refractivity contribution is 5.80. The number of aromatic nitrogens is 2. The van der Waals surface area contributed by atoms with E-state index in [2.05, 4.69) is 0 Å². The predicted molar refractivity (Wildman–Crippen MR) is 141 cm³/mol. The van der Waals surface area contributed by atoms with Crippen LogP contribution >= 0.6 is 0 Å². The number of hydrogen-bond donors (Lipinski definition) is 0. The van der Waals surface area contributed by atoms with Crippen LogP contribution in [0, 0.1) is 0 Å². The summed E-state index contributed by atoms with van der Waals surface area (Å²) in [5.41, 5.74) is 1.99. The standard InChI is InChI=1S/C29H31N3O4/c1-5-26(31(3)27(33)19-20-11-15-22(35-4)16-12-20)28-30-25-10-8-7-9-24(25)29(34)32(28)21-13-17-23(18-14-21)36-6-2/h7-18,26H,5-6,19H2,1-4H3. The zero-order valence-corrected chi connectivity index (χ0v) is 21.1.